The first kappa shape index (κ1) is 15.9. The van der Waals surface area contributed by atoms with Crippen molar-refractivity contribution in [3.63, 3.8) is 0 Å². The first-order chi connectivity index (χ1) is 10.0. The first-order valence-corrected chi connectivity index (χ1v) is 7.13. The van der Waals surface area contributed by atoms with E-state index >= 15 is 0 Å². The van der Waals surface area contributed by atoms with E-state index in [4.69, 9.17) is 5.73 Å². The standard InChI is InChI=1S/C15H21F2N3O/c1-19-5-7-20(8-6-19)15(21)11(10-18)9-12-13(16)3-2-4-14(12)17/h2-4,11H,5-10,18H2,1H3. The summed E-state index contributed by atoms with van der Waals surface area (Å²) in [5.74, 6) is -1.95. The van der Waals surface area contributed by atoms with Crippen molar-refractivity contribution in [1.82, 2.24) is 9.80 Å². The molecule has 2 N–H and O–H groups in total. The smallest absolute Gasteiger partial charge is 0.227 e. The van der Waals surface area contributed by atoms with Crippen LogP contribution in [0.3, 0.4) is 0 Å². The Bertz CT molecular complexity index is 481. The molecule has 1 aliphatic heterocycles. The fourth-order valence-electron chi connectivity index (χ4n) is 2.53. The number of carbonyl (C=O) groups excluding carboxylic acids is 1. The van der Waals surface area contributed by atoms with Crippen molar-refractivity contribution in [2.75, 3.05) is 39.8 Å². The number of hydrogen-bond donors (Lipinski definition) is 1. The highest BCUT2D eigenvalue weighted by Gasteiger charge is 2.27. The predicted octanol–water partition coefficient (Wildman–Crippen LogP) is 0.856. The lowest BCUT2D eigenvalue weighted by Gasteiger charge is -2.34. The van der Waals surface area contributed by atoms with E-state index in [1.807, 2.05) is 7.05 Å². The molecule has 0 aliphatic carbocycles. The molecule has 2 rings (SSSR count). The van der Waals surface area contributed by atoms with E-state index in [1.165, 1.54) is 18.2 Å². The fourth-order valence-corrected chi connectivity index (χ4v) is 2.53. The Kier molecular flexibility index (Phi) is 5.25. The number of halogens is 2. The minimum Gasteiger partial charge on any atom is -0.340 e. The van der Waals surface area contributed by atoms with Crippen molar-refractivity contribution in [3.8, 4) is 0 Å². The second-order valence-corrected chi connectivity index (χ2v) is 5.47. The summed E-state index contributed by atoms with van der Waals surface area (Å²) in [7, 11) is 2.00. The third kappa shape index (κ3) is 3.77. The summed E-state index contributed by atoms with van der Waals surface area (Å²) in [5, 5.41) is 0. The van der Waals surface area contributed by atoms with Crippen molar-refractivity contribution in [3.05, 3.63) is 35.4 Å². The van der Waals surface area contributed by atoms with Crippen LogP contribution in [0.4, 0.5) is 8.78 Å². The summed E-state index contributed by atoms with van der Waals surface area (Å²) in [6.45, 7) is 2.95. The Morgan fingerprint density at radius 3 is 2.33 bits per heavy atom. The molecular formula is C15H21F2N3O. The predicted molar refractivity (Wildman–Crippen MR) is 76.7 cm³/mol. The van der Waals surface area contributed by atoms with Crippen LogP contribution in [0.2, 0.25) is 0 Å². The molecule has 21 heavy (non-hydrogen) atoms. The molecule has 1 unspecified atom stereocenters. The number of piperazine rings is 1. The molecular weight excluding hydrogens is 276 g/mol. The summed E-state index contributed by atoms with van der Waals surface area (Å²) in [6.07, 6.45) is 0.000178. The molecule has 0 aromatic heterocycles. The molecule has 1 aromatic rings. The van der Waals surface area contributed by atoms with Gasteiger partial charge in [0.2, 0.25) is 5.91 Å². The quantitative estimate of drug-likeness (QED) is 0.896. The third-order valence-corrected chi connectivity index (χ3v) is 3.96. The van der Waals surface area contributed by atoms with Crippen LogP contribution in [-0.2, 0) is 11.2 Å². The highest BCUT2D eigenvalue weighted by molar-refractivity contribution is 5.79. The van der Waals surface area contributed by atoms with E-state index in [-0.39, 0.29) is 24.4 Å². The lowest BCUT2D eigenvalue weighted by atomic mass is 9.96. The Hall–Kier alpha value is -1.53. The van der Waals surface area contributed by atoms with Crippen LogP contribution in [-0.4, -0.2) is 55.5 Å². The average Bonchev–Trinajstić information content (AvgIpc) is 2.47. The maximum Gasteiger partial charge on any atom is 0.227 e. The molecule has 1 heterocycles. The Morgan fingerprint density at radius 2 is 1.81 bits per heavy atom. The highest BCUT2D eigenvalue weighted by Crippen LogP contribution is 2.18. The monoisotopic (exact) mass is 297 g/mol. The lowest BCUT2D eigenvalue weighted by Crippen LogP contribution is -2.50. The van der Waals surface area contributed by atoms with Crippen molar-refractivity contribution in [2.45, 2.75) is 6.42 Å². The van der Waals surface area contributed by atoms with Gasteiger partial charge in [0, 0.05) is 38.3 Å². The maximum atomic E-state index is 13.7. The van der Waals surface area contributed by atoms with Gasteiger partial charge in [0.05, 0.1) is 5.92 Å². The van der Waals surface area contributed by atoms with Gasteiger partial charge in [-0.1, -0.05) is 6.07 Å². The van der Waals surface area contributed by atoms with Gasteiger partial charge in [0.25, 0.3) is 0 Å². The lowest BCUT2D eigenvalue weighted by molar-refractivity contribution is -0.136. The maximum absolute atomic E-state index is 13.7. The number of amides is 1. The van der Waals surface area contributed by atoms with Crippen molar-refractivity contribution in [2.24, 2.45) is 11.7 Å². The van der Waals surface area contributed by atoms with Crippen LogP contribution >= 0.6 is 0 Å². The van der Waals surface area contributed by atoms with Crippen LogP contribution in [0.25, 0.3) is 0 Å². The second kappa shape index (κ2) is 6.95. The Morgan fingerprint density at radius 1 is 1.24 bits per heavy atom. The summed E-state index contributed by atoms with van der Waals surface area (Å²) in [6, 6.07) is 3.71. The summed E-state index contributed by atoms with van der Waals surface area (Å²) in [5.41, 5.74) is 5.59. The number of rotatable bonds is 4. The van der Waals surface area contributed by atoms with E-state index in [2.05, 4.69) is 4.90 Å². The van der Waals surface area contributed by atoms with Gasteiger partial charge in [-0.25, -0.2) is 8.78 Å². The van der Waals surface area contributed by atoms with Crippen LogP contribution < -0.4 is 5.73 Å². The van der Waals surface area contributed by atoms with Crippen molar-refractivity contribution in [1.29, 1.82) is 0 Å². The van der Waals surface area contributed by atoms with E-state index in [0.29, 0.717) is 13.1 Å². The minimum atomic E-state index is -0.625. The molecule has 1 fully saturated rings. The van der Waals surface area contributed by atoms with Gasteiger partial charge >= 0.3 is 0 Å². The molecule has 1 amide bonds. The fraction of sp³-hybridized carbons (Fsp3) is 0.533. The molecule has 6 heteroatoms. The molecule has 1 atom stereocenters. The summed E-state index contributed by atoms with van der Waals surface area (Å²) >= 11 is 0. The zero-order chi connectivity index (χ0) is 15.4. The molecule has 0 spiro atoms. The van der Waals surface area contributed by atoms with Gasteiger partial charge in [-0.15, -0.1) is 0 Å². The molecule has 4 nitrogen and oxygen atoms in total. The van der Waals surface area contributed by atoms with Crippen molar-refractivity contribution >= 4 is 5.91 Å². The second-order valence-electron chi connectivity index (χ2n) is 5.47. The number of nitrogens with two attached hydrogens (primary N) is 1. The van der Waals surface area contributed by atoms with E-state index in [1.54, 1.807) is 4.90 Å². The molecule has 1 aromatic carbocycles. The van der Waals surface area contributed by atoms with Crippen LogP contribution in [0.5, 0.6) is 0 Å². The van der Waals surface area contributed by atoms with Crippen LogP contribution in [0.1, 0.15) is 5.56 Å². The Balaban J connectivity index is 2.07. The normalized spacial score (nSPS) is 17.8. The van der Waals surface area contributed by atoms with Gasteiger partial charge < -0.3 is 15.5 Å². The van der Waals surface area contributed by atoms with Crippen LogP contribution in [0, 0.1) is 17.6 Å². The average molecular weight is 297 g/mol. The largest absolute Gasteiger partial charge is 0.340 e. The third-order valence-electron chi connectivity index (χ3n) is 3.96. The van der Waals surface area contributed by atoms with Gasteiger partial charge in [0.15, 0.2) is 0 Å². The van der Waals surface area contributed by atoms with E-state index in [9.17, 15) is 13.6 Å². The molecule has 0 bridgehead atoms. The first-order valence-electron chi connectivity index (χ1n) is 7.13. The highest BCUT2D eigenvalue weighted by atomic mass is 19.1. The number of hydrogen-bond acceptors (Lipinski definition) is 3. The van der Waals surface area contributed by atoms with E-state index < -0.39 is 17.6 Å². The molecule has 116 valence electrons. The van der Waals surface area contributed by atoms with E-state index in [0.717, 1.165) is 13.1 Å². The number of nitrogens with zero attached hydrogens (tertiary/aromatic N) is 2. The summed E-state index contributed by atoms with van der Waals surface area (Å²) in [4.78, 5) is 16.3. The molecule has 1 saturated heterocycles. The van der Waals surface area contributed by atoms with Crippen LogP contribution in [0.15, 0.2) is 18.2 Å². The van der Waals surface area contributed by atoms with Gasteiger partial charge in [-0.3, -0.25) is 4.79 Å². The van der Waals surface area contributed by atoms with Gasteiger partial charge in [-0.2, -0.15) is 0 Å². The zero-order valence-electron chi connectivity index (χ0n) is 12.2. The molecule has 1 aliphatic rings. The number of benzene rings is 1. The zero-order valence-corrected chi connectivity index (χ0v) is 12.2. The van der Waals surface area contributed by atoms with Crippen molar-refractivity contribution < 1.29 is 13.6 Å². The molecule has 0 saturated carbocycles. The van der Waals surface area contributed by atoms with Gasteiger partial charge in [0.1, 0.15) is 11.6 Å². The minimum absolute atomic E-state index is 0.000178. The number of likely N-dealkylation sites (N-methyl/N-ethyl adjacent to an activating group) is 1. The Labute approximate surface area is 123 Å². The molecule has 0 radical (unpaired) electrons. The SMILES string of the molecule is CN1CCN(C(=O)C(CN)Cc2c(F)cccc2F)CC1. The summed E-state index contributed by atoms with van der Waals surface area (Å²) < 4.78 is 27.4. The number of carbonyl (C=O) groups is 1. The topological polar surface area (TPSA) is 49.6 Å². The van der Waals surface area contributed by atoms with Gasteiger partial charge in [-0.05, 0) is 25.6 Å².